The average Bonchev–Trinajstić information content (AvgIpc) is 2.71. The van der Waals surface area contributed by atoms with Crippen LogP contribution in [0.3, 0.4) is 0 Å². The highest BCUT2D eigenvalue weighted by molar-refractivity contribution is 14.0. The van der Waals surface area contributed by atoms with E-state index in [4.69, 9.17) is 4.74 Å². The van der Waals surface area contributed by atoms with Crippen molar-refractivity contribution in [2.75, 3.05) is 46.4 Å². The summed E-state index contributed by atoms with van der Waals surface area (Å²) in [5, 5.41) is 8.08. The Hall–Kier alpha value is -1.45. The maximum atomic E-state index is 5.46. The smallest absolute Gasteiger partial charge is 0.191 e. The summed E-state index contributed by atoms with van der Waals surface area (Å²) in [5.41, 5.74) is 2.39. The van der Waals surface area contributed by atoms with E-state index in [9.17, 15) is 0 Å². The first-order valence-electron chi connectivity index (χ1n) is 9.70. The van der Waals surface area contributed by atoms with Crippen LogP contribution in [0.25, 0.3) is 10.9 Å². The summed E-state index contributed by atoms with van der Waals surface area (Å²) < 4.78 is 5.46. The third-order valence-electron chi connectivity index (χ3n) is 5.18. The van der Waals surface area contributed by atoms with Crippen molar-refractivity contribution in [3.8, 4) is 0 Å². The van der Waals surface area contributed by atoms with Crippen LogP contribution in [0.1, 0.15) is 19.4 Å². The minimum Gasteiger partial charge on any atom is -0.379 e. The van der Waals surface area contributed by atoms with E-state index in [0.717, 1.165) is 57.3 Å². The second kappa shape index (κ2) is 10.9. The minimum absolute atomic E-state index is 0. The third kappa shape index (κ3) is 6.02. The molecule has 1 aromatic carbocycles. The molecule has 1 aliphatic rings. The molecule has 3 rings (SSSR count). The summed E-state index contributed by atoms with van der Waals surface area (Å²) in [6.07, 6.45) is 2.76. The van der Waals surface area contributed by atoms with E-state index in [0.29, 0.717) is 0 Å². The molecule has 7 heteroatoms. The first kappa shape index (κ1) is 22.8. The Balaban J connectivity index is 0.00000280. The molecule has 0 saturated carbocycles. The third-order valence-corrected chi connectivity index (χ3v) is 5.18. The van der Waals surface area contributed by atoms with Crippen molar-refractivity contribution in [1.82, 2.24) is 20.5 Å². The fourth-order valence-corrected chi connectivity index (χ4v) is 3.49. The highest BCUT2D eigenvalue weighted by atomic mass is 127. The van der Waals surface area contributed by atoms with E-state index in [1.54, 1.807) is 0 Å². The Morgan fingerprint density at radius 1 is 1.18 bits per heavy atom. The second-order valence-electron chi connectivity index (χ2n) is 7.51. The van der Waals surface area contributed by atoms with E-state index in [1.807, 2.05) is 19.3 Å². The first-order valence-corrected chi connectivity index (χ1v) is 9.70. The zero-order valence-electron chi connectivity index (χ0n) is 17.1. The molecule has 0 atom stereocenters. The molecule has 0 spiro atoms. The number of fused-ring (bicyclic) bond motifs is 1. The molecule has 2 N–H and O–H groups in total. The average molecular weight is 497 g/mol. The standard InChI is InChI=1S/C21H31N5O.HI/c1-21(2,26-12-14-27-15-13-26)16-25-20(22-3)24-11-9-18-7-4-6-17-8-5-10-23-19(17)18;/h4-8,10H,9,11-16H2,1-3H3,(H2,22,24,25);1H. The van der Waals surface area contributed by atoms with Crippen molar-refractivity contribution in [2.45, 2.75) is 25.8 Å². The molecular formula is C21H32IN5O. The van der Waals surface area contributed by atoms with Crippen LogP contribution in [0.5, 0.6) is 0 Å². The van der Waals surface area contributed by atoms with Gasteiger partial charge in [-0.1, -0.05) is 24.3 Å². The van der Waals surface area contributed by atoms with Gasteiger partial charge in [0.1, 0.15) is 0 Å². The molecule has 154 valence electrons. The SMILES string of the molecule is CN=C(NCCc1cccc2cccnc12)NCC(C)(C)N1CCOCC1.I. The maximum Gasteiger partial charge on any atom is 0.191 e. The van der Waals surface area contributed by atoms with Gasteiger partial charge in [0.25, 0.3) is 0 Å². The van der Waals surface area contributed by atoms with E-state index in [1.165, 1.54) is 10.9 Å². The predicted octanol–water partition coefficient (Wildman–Crippen LogP) is 2.67. The number of rotatable bonds is 6. The number of nitrogens with zero attached hydrogens (tertiary/aromatic N) is 3. The number of hydrogen-bond donors (Lipinski definition) is 2. The topological polar surface area (TPSA) is 61.8 Å². The zero-order chi connectivity index (χ0) is 19.1. The van der Waals surface area contributed by atoms with Gasteiger partial charge in [-0.05, 0) is 31.9 Å². The van der Waals surface area contributed by atoms with Crippen molar-refractivity contribution in [3.05, 3.63) is 42.1 Å². The Morgan fingerprint density at radius 3 is 2.68 bits per heavy atom. The van der Waals surface area contributed by atoms with Crippen LogP contribution in [0.15, 0.2) is 41.5 Å². The summed E-state index contributed by atoms with van der Waals surface area (Å²) in [6.45, 7) is 9.77. The Bertz CT molecular complexity index is 769. The number of morpholine rings is 1. The fourth-order valence-electron chi connectivity index (χ4n) is 3.49. The molecule has 2 heterocycles. The second-order valence-corrected chi connectivity index (χ2v) is 7.51. The number of hydrogen-bond acceptors (Lipinski definition) is 4. The lowest BCUT2D eigenvalue weighted by Gasteiger charge is -2.41. The summed E-state index contributed by atoms with van der Waals surface area (Å²) >= 11 is 0. The molecule has 0 radical (unpaired) electrons. The van der Waals surface area contributed by atoms with Crippen molar-refractivity contribution in [2.24, 2.45) is 4.99 Å². The van der Waals surface area contributed by atoms with Gasteiger partial charge in [-0.2, -0.15) is 0 Å². The van der Waals surface area contributed by atoms with E-state index in [2.05, 4.69) is 63.6 Å². The molecule has 1 aromatic heterocycles. The Kier molecular flexibility index (Phi) is 8.91. The van der Waals surface area contributed by atoms with Gasteiger partial charge >= 0.3 is 0 Å². The van der Waals surface area contributed by atoms with E-state index >= 15 is 0 Å². The summed E-state index contributed by atoms with van der Waals surface area (Å²) in [7, 11) is 1.82. The highest BCUT2D eigenvalue weighted by Gasteiger charge is 2.28. The molecule has 2 aromatic rings. The highest BCUT2D eigenvalue weighted by Crippen LogP contribution is 2.16. The lowest BCUT2D eigenvalue weighted by atomic mass is 10.0. The molecule has 6 nitrogen and oxygen atoms in total. The predicted molar refractivity (Wildman–Crippen MR) is 127 cm³/mol. The maximum absolute atomic E-state index is 5.46. The van der Waals surface area contributed by atoms with Crippen molar-refractivity contribution >= 4 is 40.8 Å². The van der Waals surface area contributed by atoms with Crippen LogP contribution < -0.4 is 10.6 Å². The number of guanidine groups is 1. The number of para-hydroxylation sites is 1. The quantitative estimate of drug-likeness (QED) is 0.365. The molecular weight excluding hydrogens is 465 g/mol. The van der Waals surface area contributed by atoms with Crippen LogP contribution in [-0.2, 0) is 11.2 Å². The van der Waals surface area contributed by atoms with Gasteiger partial charge in [-0.3, -0.25) is 14.9 Å². The summed E-state index contributed by atoms with van der Waals surface area (Å²) in [4.78, 5) is 11.4. The van der Waals surface area contributed by atoms with Gasteiger partial charge in [0.15, 0.2) is 5.96 Å². The van der Waals surface area contributed by atoms with E-state index < -0.39 is 0 Å². The van der Waals surface area contributed by atoms with Gasteiger partial charge in [0.2, 0.25) is 0 Å². The van der Waals surface area contributed by atoms with Crippen molar-refractivity contribution in [1.29, 1.82) is 0 Å². The van der Waals surface area contributed by atoms with Crippen LogP contribution in [0, 0.1) is 0 Å². The van der Waals surface area contributed by atoms with Crippen molar-refractivity contribution < 1.29 is 4.74 Å². The van der Waals surface area contributed by atoms with Gasteiger partial charge in [-0.25, -0.2) is 0 Å². The minimum atomic E-state index is 0. The molecule has 0 bridgehead atoms. The van der Waals surface area contributed by atoms with Gasteiger partial charge in [-0.15, -0.1) is 24.0 Å². The van der Waals surface area contributed by atoms with E-state index in [-0.39, 0.29) is 29.5 Å². The molecule has 0 unspecified atom stereocenters. The van der Waals surface area contributed by atoms with Crippen LogP contribution >= 0.6 is 24.0 Å². The number of benzene rings is 1. The van der Waals surface area contributed by atoms with Crippen LogP contribution in [-0.4, -0.2) is 67.8 Å². The molecule has 1 saturated heterocycles. The summed E-state index contributed by atoms with van der Waals surface area (Å²) in [5.74, 6) is 0.838. The Morgan fingerprint density at radius 2 is 1.93 bits per heavy atom. The van der Waals surface area contributed by atoms with Gasteiger partial charge in [0, 0.05) is 50.3 Å². The number of aliphatic imine (C=N–C) groups is 1. The monoisotopic (exact) mass is 497 g/mol. The number of nitrogens with one attached hydrogen (secondary N) is 2. The number of halogens is 1. The zero-order valence-corrected chi connectivity index (χ0v) is 19.4. The fraction of sp³-hybridized carbons (Fsp3) is 0.524. The summed E-state index contributed by atoms with van der Waals surface area (Å²) in [6, 6.07) is 10.4. The Labute approximate surface area is 185 Å². The molecule has 0 amide bonds. The lowest BCUT2D eigenvalue weighted by molar-refractivity contribution is -0.00833. The molecule has 0 aliphatic carbocycles. The largest absolute Gasteiger partial charge is 0.379 e. The molecule has 1 fully saturated rings. The van der Waals surface area contributed by atoms with Crippen molar-refractivity contribution in [3.63, 3.8) is 0 Å². The first-order chi connectivity index (χ1) is 13.1. The lowest BCUT2D eigenvalue weighted by Crippen LogP contribution is -2.56. The van der Waals surface area contributed by atoms with Crippen LogP contribution in [0.2, 0.25) is 0 Å². The number of aromatic nitrogens is 1. The van der Waals surface area contributed by atoms with Crippen LogP contribution in [0.4, 0.5) is 0 Å². The van der Waals surface area contributed by atoms with Gasteiger partial charge in [0.05, 0.1) is 18.7 Å². The normalized spacial score (nSPS) is 15.9. The number of ether oxygens (including phenoxy) is 1. The van der Waals surface area contributed by atoms with Gasteiger partial charge < -0.3 is 15.4 Å². The number of pyridine rings is 1. The molecule has 1 aliphatic heterocycles. The molecule has 28 heavy (non-hydrogen) atoms.